The average molecular weight is 394 g/mol. The molecule has 6 nitrogen and oxygen atoms in total. The minimum absolute atomic E-state index is 0.0599. The third-order valence-corrected chi connectivity index (χ3v) is 4.29. The molecule has 140 valence electrons. The second-order valence-corrected chi connectivity index (χ2v) is 6.50. The van der Waals surface area contributed by atoms with E-state index in [1.54, 1.807) is 36.5 Å². The van der Waals surface area contributed by atoms with Crippen LogP contribution in [0.2, 0.25) is 5.02 Å². The van der Waals surface area contributed by atoms with Crippen LogP contribution in [0.4, 0.5) is 0 Å². The van der Waals surface area contributed by atoms with Crippen molar-refractivity contribution in [2.45, 2.75) is 6.54 Å². The Kier molecular flexibility index (Phi) is 5.21. The van der Waals surface area contributed by atoms with Gasteiger partial charge in [-0.05, 0) is 54.1 Å². The number of oxazole rings is 1. The monoisotopic (exact) mass is 393 g/mol. The molecule has 0 aliphatic rings. The SMILES string of the molecule is O=C(COc1ccc(Cl)cc1)NCc1ccc(-c2nc3ncccc3o2)cc1. The number of carbonyl (C=O) groups excluding carboxylic acids is 1. The number of aromatic nitrogens is 2. The Morgan fingerprint density at radius 3 is 2.61 bits per heavy atom. The third-order valence-electron chi connectivity index (χ3n) is 4.04. The van der Waals surface area contributed by atoms with Crippen LogP contribution in [0.15, 0.2) is 71.3 Å². The maximum Gasteiger partial charge on any atom is 0.258 e. The second kappa shape index (κ2) is 8.10. The molecule has 2 heterocycles. The van der Waals surface area contributed by atoms with Gasteiger partial charge in [-0.25, -0.2) is 4.98 Å². The van der Waals surface area contributed by atoms with E-state index in [0.29, 0.717) is 34.4 Å². The molecule has 0 saturated carbocycles. The predicted molar refractivity (Wildman–Crippen MR) is 106 cm³/mol. The highest BCUT2D eigenvalue weighted by Gasteiger charge is 2.09. The van der Waals surface area contributed by atoms with Crippen molar-refractivity contribution in [1.29, 1.82) is 0 Å². The number of benzene rings is 2. The van der Waals surface area contributed by atoms with Crippen molar-refractivity contribution in [3.05, 3.63) is 77.4 Å². The first-order valence-electron chi connectivity index (χ1n) is 8.63. The number of fused-ring (bicyclic) bond motifs is 1. The minimum Gasteiger partial charge on any atom is -0.484 e. The Bertz CT molecular complexity index is 1060. The molecule has 4 aromatic rings. The summed E-state index contributed by atoms with van der Waals surface area (Å²) in [5.41, 5.74) is 3.03. The maximum atomic E-state index is 12.0. The van der Waals surface area contributed by atoms with Gasteiger partial charge in [-0.1, -0.05) is 23.7 Å². The molecule has 0 bridgehead atoms. The molecule has 0 fully saturated rings. The Morgan fingerprint density at radius 2 is 1.86 bits per heavy atom. The zero-order valence-electron chi connectivity index (χ0n) is 14.8. The van der Waals surface area contributed by atoms with Gasteiger partial charge in [0.25, 0.3) is 5.91 Å². The van der Waals surface area contributed by atoms with E-state index in [2.05, 4.69) is 15.3 Å². The highest BCUT2D eigenvalue weighted by atomic mass is 35.5. The van der Waals surface area contributed by atoms with E-state index in [1.807, 2.05) is 30.3 Å². The molecule has 0 atom stereocenters. The molecule has 4 rings (SSSR count). The van der Waals surface area contributed by atoms with Gasteiger partial charge in [-0.3, -0.25) is 4.79 Å². The van der Waals surface area contributed by atoms with Crippen LogP contribution in [0.3, 0.4) is 0 Å². The van der Waals surface area contributed by atoms with Gasteiger partial charge < -0.3 is 14.5 Å². The van der Waals surface area contributed by atoms with Crippen LogP contribution < -0.4 is 10.1 Å². The van der Waals surface area contributed by atoms with Gasteiger partial charge >= 0.3 is 0 Å². The van der Waals surface area contributed by atoms with Crippen molar-refractivity contribution in [3.63, 3.8) is 0 Å². The van der Waals surface area contributed by atoms with Gasteiger partial charge in [0.2, 0.25) is 5.89 Å². The van der Waals surface area contributed by atoms with Crippen molar-refractivity contribution in [2.75, 3.05) is 6.61 Å². The van der Waals surface area contributed by atoms with Crippen LogP contribution in [0.5, 0.6) is 5.75 Å². The van der Waals surface area contributed by atoms with Crippen LogP contribution in [-0.4, -0.2) is 22.5 Å². The number of halogens is 1. The molecule has 0 aliphatic carbocycles. The van der Waals surface area contributed by atoms with Crippen molar-refractivity contribution in [2.24, 2.45) is 0 Å². The number of amides is 1. The van der Waals surface area contributed by atoms with Gasteiger partial charge in [-0.2, -0.15) is 4.98 Å². The first-order valence-corrected chi connectivity index (χ1v) is 9.01. The minimum atomic E-state index is -0.205. The molecule has 1 amide bonds. The van der Waals surface area contributed by atoms with E-state index in [-0.39, 0.29) is 12.5 Å². The molecule has 0 radical (unpaired) electrons. The van der Waals surface area contributed by atoms with E-state index >= 15 is 0 Å². The number of hydrogen-bond donors (Lipinski definition) is 1. The number of rotatable bonds is 6. The van der Waals surface area contributed by atoms with Crippen LogP contribution in [0.25, 0.3) is 22.7 Å². The Balaban J connectivity index is 1.31. The number of nitrogens with zero attached hydrogens (tertiary/aromatic N) is 2. The Hall–Kier alpha value is -3.38. The summed E-state index contributed by atoms with van der Waals surface area (Å²) < 4.78 is 11.1. The molecular formula is C21H16ClN3O3. The first-order chi connectivity index (χ1) is 13.7. The van der Waals surface area contributed by atoms with E-state index in [0.717, 1.165) is 11.1 Å². The van der Waals surface area contributed by atoms with Gasteiger partial charge in [-0.15, -0.1) is 0 Å². The predicted octanol–water partition coefficient (Wildman–Crippen LogP) is 4.24. The fourth-order valence-electron chi connectivity index (χ4n) is 2.59. The van der Waals surface area contributed by atoms with Gasteiger partial charge in [0.1, 0.15) is 5.75 Å². The van der Waals surface area contributed by atoms with E-state index < -0.39 is 0 Å². The fourth-order valence-corrected chi connectivity index (χ4v) is 2.72. The molecule has 2 aromatic carbocycles. The summed E-state index contributed by atoms with van der Waals surface area (Å²) in [5, 5.41) is 3.44. The smallest absolute Gasteiger partial charge is 0.258 e. The third kappa shape index (κ3) is 4.29. The Labute approximate surface area is 166 Å². The summed E-state index contributed by atoms with van der Waals surface area (Å²) in [6.45, 7) is 0.341. The maximum absolute atomic E-state index is 12.0. The van der Waals surface area contributed by atoms with Gasteiger partial charge in [0.05, 0.1) is 0 Å². The number of ether oxygens (including phenoxy) is 1. The number of hydrogen-bond acceptors (Lipinski definition) is 5. The van der Waals surface area contributed by atoms with Crippen LogP contribution >= 0.6 is 11.6 Å². The Morgan fingerprint density at radius 1 is 1.07 bits per heavy atom. The normalized spacial score (nSPS) is 10.8. The molecule has 0 spiro atoms. The zero-order valence-corrected chi connectivity index (χ0v) is 15.5. The highest BCUT2D eigenvalue weighted by Crippen LogP contribution is 2.23. The second-order valence-electron chi connectivity index (χ2n) is 6.06. The summed E-state index contributed by atoms with van der Waals surface area (Å²) in [5.74, 6) is 0.904. The molecule has 1 N–H and O–H groups in total. The lowest BCUT2D eigenvalue weighted by molar-refractivity contribution is -0.123. The van der Waals surface area contributed by atoms with Crippen molar-refractivity contribution in [1.82, 2.24) is 15.3 Å². The summed E-state index contributed by atoms with van der Waals surface area (Å²) in [6.07, 6.45) is 1.68. The largest absolute Gasteiger partial charge is 0.484 e. The molecule has 2 aromatic heterocycles. The van der Waals surface area contributed by atoms with Gasteiger partial charge in [0, 0.05) is 23.3 Å². The molecule has 7 heteroatoms. The highest BCUT2D eigenvalue weighted by molar-refractivity contribution is 6.30. The van der Waals surface area contributed by atoms with Gasteiger partial charge in [0.15, 0.2) is 17.8 Å². The molecular weight excluding hydrogens is 378 g/mol. The van der Waals surface area contributed by atoms with Crippen LogP contribution in [-0.2, 0) is 11.3 Å². The van der Waals surface area contributed by atoms with E-state index in [9.17, 15) is 4.79 Å². The van der Waals surface area contributed by atoms with Crippen LogP contribution in [0.1, 0.15) is 5.56 Å². The number of nitrogens with one attached hydrogen (secondary N) is 1. The lowest BCUT2D eigenvalue weighted by Crippen LogP contribution is -2.28. The number of pyridine rings is 1. The molecule has 0 unspecified atom stereocenters. The van der Waals surface area contributed by atoms with Crippen molar-refractivity contribution in [3.8, 4) is 17.2 Å². The van der Waals surface area contributed by atoms with E-state index in [4.69, 9.17) is 20.8 Å². The zero-order chi connectivity index (χ0) is 19.3. The van der Waals surface area contributed by atoms with Crippen molar-refractivity contribution < 1.29 is 13.9 Å². The summed E-state index contributed by atoms with van der Waals surface area (Å²) in [7, 11) is 0. The molecule has 0 saturated heterocycles. The topological polar surface area (TPSA) is 77.2 Å². The van der Waals surface area contributed by atoms with Crippen molar-refractivity contribution >= 4 is 28.7 Å². The molecule has 0 aliphatic heterocycles. The summed E-state index contributed by atoms with van der Waals surface area (Å²) >= 11 is 5.81. The average Bonchev–Trinajstić information content (AvgIpc) is 3.16. The van der Waals surface area contributed by atoms with E-state index in [1.165, 1.54) is 0 Å². The summed E-state index contributed by atoms with van der Waals surface area (Å²) in [6, 6.07) is 18.1. The fraction of sp³-hybridized carbons (Fsp3) is 0.0952. The standard InChI is InChI=1S/C21H16ClN3O3/c22-16-7-9-17(10-8-16)27-13-19(26)24-12-14-3-5-15(6-4-14)21-25-20-18(28-21)2-1-11-23-20/h1-11H,12-13H2,(H,24,26). The first kappa shape index (κ1) is 18.0. The quantitative estimate of drug-likeness (QED) is 0.530. The summed E-state index contributed by atoms with van der Waals surface area (Å²) in [4.78, 5) is 20.5. The molecule has 28 heavy (non-hydrogen) atoms. The van der Waals surface area contributed by atoms with Crippen LogP contribution in [0, 0.1) is 0 Å². The lowest BCUT2D eigenvalue weighted by Gasteiger charge is -2.08. The lowest BCUT2D eigenvalue weighted by atomic mass is 10.1. The number of carbonyl (C=O) groups is 1.